The van der Waals surface area contributed by atoms with Gasteiger partial charge in [0.2, 0.25) is 16.0 Å². The van der Waals surface area contributed by atoms with Crippen LogP contribution in [0.2, 0.25) is 0 Å². The number of sulfonamides is 1. The Bertz CT molecular complexity index is 1080. The van der Waals surface area contributed by atoms with Crippen LogP contribution >= 0.6 is 0 Å². The maximum Gasteiger partial charge on any atom is 0.229 e. The van der Waals surface area contributed by atoms with Crippen molar-refractivity contribution < 1.29 is 13.2 Å². The van der Waals surface area contributed by atoms with Crippen LogP contribution in [0.4, 0.5) is 17.3 Å². The van der Waals surface area contributed by atoms with E-state index in [9.17, 15) is 13.2 Å². The first-order chi connectivity index (χ1) is 12.8. The molecule has 0 spiro atoms. The molecule has 27 heavy (non-hydrogen) atoms. The lowest BCUT2D eigenvalue weighted by atomic mass is 10.1. The maximum absolute atomic E-state index is 11.4. The Morgan fingerprint density at radius 1 is 1.00 bits per heavy atom. The quantitative estimate of drug-likeness (QED) is 0.633. The van der Waals surface area contributed by atoms with Crippen molar-refractivity contribution in [2.75, 3.05) is 16.3 Å². The number of carbonyl (C=O) groups excluding carboxylic acids is 1. The number of nitrogens with one attached hydrogen (secondary N) is 2. The number of carbonyl (C=O) groups is 1. The smallest absolute Gasteiger partial charge is 0.229 e. The van der Waals surface area contributed by atoms with Gasteiger partial charge in [-0.2, -0.15) is 0 Å². The number of ketones is 1. The van der Waals surface area contributed by atoms with Gasteiger partial charge in [0.25, 0.3) is 0 Å². The fourth-order valence-electron chi connectivity index (χ4n) is 2.45. The molecule has 0 atom stereocenters. The highest BCUT2D eigenvalue weighted by atomic mass is 32.2. The zero-order valence-electron chi connectivity index (χ0n) is 14.8. The van der Waals surface area contributed by atoms with E-state index in [0.29, 0.717) is 22.9 Å². The minimum Gasteiger partial charge on any atom is -0.324 e. The summed E-state index contributed by atoms with van der Waals surface area (Å²) in [6.07, 6.45) is 2.72. The number of hydrogen-bond acceptors (Lipinski definition) is 6. The zero-order chi connectivity index (χ0) is 19.4. The lowest BCUT2D eigenvalue weighted by Gasteiger charge is -2.09. The molecule has 3 aromatic rings. The van der Waals surface area contributed by atoms with E-state index in [1.807, 2.05) is 6.07 Å². The number of anilines is 3. The van der Waals surface area contributed by atoms with Crippen LogP contribution in [0.1, 0.15) is 17.3 Å². The predicted molar refractivity (Wildman–Crippen MR) is 106 cm³/mol. The van der Waals surface area contributed by atoms with E-state index in [-0.39, 0.29) is 5.78 Å². The summed E-state index contributed by atoms with van der Waals surface area (Å²) in [5.41, 5.74) is 3.24. The number of benzene rings is 2. The molecule has 0 aliphatic heterocycles. The van der Waals surface area contributed by atoms with E-state index in [2.05, 4.69) is 20.0 Å². The second-order valence-corrected chi connectivity index (χ2v) is 7.73. The summed E-state index contributed by atoms with van der Waals surface area (Å²) < 4.78 is 25.3. The predicted octanol–water partition coefficient (Wildman–Crippen LogP) is 3.46. The monoisotopic (exact) mass is 382 g/mol. The molecule has 8 heteroatoms. The molecule has 0 aliphatic carbocycles. The summed E-state index contributed by atoms with van der Waals surface area (Å²) >= 11 is 0. The molecule has 2 aromatic carbocycles. The van der Waals surface area contributed by atoms with Gasteiger partial charge in [-0.1, -0.05) is 12.1 Å². The van der Waals surface area contributed by atoms with Gasteiger partial charge in [0.15, 0.2) is 5.78 Å². The van der Waals surface area contributed by atoms with Crippen LogP contribution in [-0.2, 0) is 10.0 Å². The molecule has 0 aliphatic rings. The van der Waals surface area contributed by atoms with E-state index < -0.39 is 10.0 Å². The fraction of sp³-hybridized carbons (Fsp3) is 0.105. The van der Waals surface area contributed by atoms with Gasteiger partial charge in [-0.05, 0) is 49.4 Å². The van der Waals surface area contributed by atoms with Crippen molar-refractivity contribution in [3.05, 3.63) is 66.4 Å². The number of aromatic nitrogens is 2. The molecular formula is C19H18N4O3S. The Morgan fingerprint density at radius 3 is 2.41 bits per heavy atom. The number of rotatable bonds is 6. The molecule has 1 heterocycles. The Hall–Kier alpha value is -3.26. The zero-order valence-corrected chi connectivity index (χ0v) is 15.6. The first-order valence-corrected chi connectivity index (χ1v) is 9.99. The molecule has 0 unspecified atom stereocenters. The summed E-state index contributed by atoms with van der Waals surface area (Å²) in [7, 11) is -3.35. The van der Waals surface area contributed by atoms with Crippen molar-refractivity contribution in [1.29, 1.82) is 0 Å². The second-order valence-electron chi connectivity index (χ2n) is 5.98. The van der Waals surface area contributed by atoms with Crippen molar-refractivity contribution >= 4 is 33.1 Å². The van der Waals surface area contributed by atoms with E-state index in [0.717, 1.165) is 17.5 Å². The van der Waals surface area contributed by atoms with Crippen molar-refractivity contribution in [3.63, 3.8) is 0 Å². The van der Waals surface area contributed by atoms with Crippen LogP contribution in [0.15, 0.2) is 60.8 Å². The van der Waals surface area contributed by atoms with Gasteiger partial charge in [-0.3, -0.25) is 9.52 Å². The topological polar surface area (TPSA) is 101 Å². The Balaban J connectivity index is 1.83. The summed E-state index contributed by atoms with van der Waals surface area (Å²) in [6.45, 7) is 1.52. The molecule has 0 fully saturated rings. The lowest BCUT2D eigenvalue weighted by molar-refractivity contribution is 0.101. The standard InChI is InChI=1S/C19H18N4O3S/c1-13(24)14-6-8-16(9-7-14)21-19-20-11-10-18(22-19)15-4-3-5-17(12-15)23-27(2,25)26/h3-12,23H,1-2H3,(H,20,21,22). The second kappa shape index (κ2) is 7.55. The van der Waals surface area contributed by atoms with Gasteiger partial charge < -0.3 is 5.32 Å². The third-order valence-electron chi connectivity index (χ3n) is 3.66. The van der Waals surface area contributed by atoms with Gasteiger partial charge in [-0.25, -0.2) is 18.4 Å². The van der Waals surface area contributed by atoms with Crippen molar-refractivity contribution in [1.82, 2.24) is 9.97 Å². The first-order valence-electron chi connectivity index (χ1n) is 8.09. The molecule has 2 N–H and O–H groups in total. The van der Waals surface area contributed by atoms with E-state index >= 15 is 0 Å². The third kappa shape index (κ3) is 5.11. The summed E-state index contributed by atoms with van der Waals surface area (Å²) in [6, 6.07) is 15.7. The molecule has 0 bridgehead atoms. The third-order valence-corrected chi connectivity index (χ3v) is 4.27. The van der Waals surface area contributed by atoms with Gasteiger partial charge in [0, 0.05) is 28.7 Å². The van der Waals surface area contributed by atoms with Crippen LogP contribution in [0.3, 0.4) is 0 Å². The molecule has 1 aromatic heterocycles. The number of nitrogens with zero attached hydrogens (tertiary/aromatic N) is 2. The molecule has 0 saturated carbocycles. The maximum atomic E-state index is 11.4. The highest BCUT2D eigenvalue weighted by Gasteiger charge is 2.07. The summed E-state index contributed by atoms with van der Waals surface area (Å²) in [4.78, 5) is 20.0. The Kier molecular flexibility index (Phi) is 5.18. The average Bonchev–Trinajstić information content (AvgIpc) is 2.61. The Morgan fingerprint density at radius 2 is 1.74 bits per heavy atom. The van der Waals surface area contributed by atoms with Gasteiger partial charge in [0.1, 0.15) is 0 Å². The molecule has 7 nitrogen and oxygen atoms in total. The minimum absolute atomic E-state index is 0.00221. The van der Waals surface area contributed by atoms with E-state index in [4.69, 9.17) is 0 Å². The summed E-state index contributed by atoms with van der Waals surface area (Å²) in [5, 5.41) is 3.09. The van der Waals surface area contributed by atoms with Crippen LogP contribution < -0.4 is 10.0 Å². The van der Waals surface area contributed by atoms with E-state index in [1.54, 1.807) is 54.7 Å². The van der Waals surface area contributed by atoms with Crippen LogP contribution in [0, 0.1) is 0 Å². The molecule has 138 valence electrons. The van der Waals surface area contributed by atoms with Crippen LogP contribution in [-0.4, -0.2) is 30.4 Å². The molecule has 0 radical (unpaired) electrons. The molecule has 0 saturated heterocycles. The fourth-order valence-corrected chi connectivity index (χ4v) is 3.01. The van der Waals surface area contributed by atoms with Crippen molar-refractivity contribution in [2.24, 2.45) is 0 Å². The average molecular weight is 382 g/mol. The highest BCUT2D eigenvalue weighted by Crippen LogP contribution is 2.23. The van der Waals surface area contributed by atoms with E-state index in [1.165, 1.54) is 6.92 Å². The lowest BCUT2D eigenvalue weighted by Crippen LogP contribution is -2.09. The normalized spacial score (nSPS) is 11.0. The van der Waals surface area contributed by atoms with Crippen molar-refractivity contribution in [3.8, 4) is 11.3 Å². The summed E-state index contributed by atoms with van der Waals surface area (Å²) in [5.74, 6) is 0.395. The first kappa shape index (κ1) is 18.5. The molecule has 0 amide bonds. The van der Waals surface area contributed by atoms with Gasteiger partial charge >= 0.3 is 0 Å². The minimum atomic E-state index is -3.35. The SMILES string of the molecule is CC(=O)c1ccc(Nc2nccc(-c3cccc(NS(C)(=O)=O)c3)n2)cc1. The van der Waals surface area contributed by atoms with Crippen LogP contribution in [0.5, 0.6) is 0 Å². The number of Topliss-reactive ketones (excluding diaryl/α,β-unsaturated/α-hetero) is 1. The highest BCUT2D eigenvalue weighted by molar-refractivity contribution is 7.92. The van der Waals surface area contributed by atoms with Crippen molar-refractivity contribution in [2.45, 2.75) is 6.92 Å². The largest absolute Gasteiger partial charge is 0.324 e. The van der Waals surface area contributed by atoms with Gasteiger partial charge in [0.05, 0.1) is 11.9 Å². The molecular weight excluding hydrogens is 364 g/mol. The number of hydrogen-bond donors (Lipinski definition) is 2. The van der Waals surface area contributed by atoms with Crippen LogP contribution in [0.25, 0.3) is 11.3 Å². The Labute approximate surface area is 157 Å². The van der Waals surface area contributed by atoms with Gasteiger partial charge in [-0.15, -0.1) is 0 Å². The molecule has 3 rings (SSSR count).